The van der Waals surface area contributed by atoms with Crippen LogP contribution in [0.3, 0.4) is 0 Å². The molecule has 1 atom stereocenters. The van der Waals surface area contributed by atoms with Gasteiger partial charge in [0.1, 0.15) is 0 Å². The van der Waals surface area contributed by atoms with Crippen LogP contribution in [0.15, 0.2) is 24.3 Å². The molecule has 1 aromatic carbocycles. The Morgan fingerprint density at radius 1 is 1.28 bits per heavy atom. The molecule has 0 amide bonds. The molecule has 0 fully saturated rings. The molecule has 2 N–H and O–H groups in total. The van der Waals surface area contributed by atoms with Gasteiger partial charge in [-0.15, -0.1) is 0 Å². The van der Waals surface area contributed by atoms with Gasteiger partial charge in [-0.2, -0.15) is 0 Å². The standard InChI is InChI=1S/C16H26N2/c1-4-16(2,3)12-17-11-15-9-13-7-5-6-8-14(13)10-18-15/h5-8,15,17-18H,4,9-12H2,1-3H3. The predicted molar refractivity (Wildman–Crippen MR) is 77.7 cm³/mol. The molecule has 1 aliphatic rings. The molecule has 100 valence electrons. The third kappa shape index (κ3) is 3.56. The van der Waals surface area contributed by atoms with E-state index in [1.165, 1.54) is 17.5 Å². The quantitative estimate of drug-likeness (QED) is 0.835. The molecule has 1 aromatic rings. The number of hydrogen-bond donors (Lipinski definition) is 2. The van der Waals surface area contributed by atoms with Gasteiger partial charge in [0.25, 0.3) is 0 Å². The second-order valence-electron chi connectivity index (χ2n) is 6.20. The number of nitrogens with one attached hydrogen (secondary N) is 2. The van der Waals surface area contributed by atoms with Crippen molar-refractivity contribution in [2.24, 2.45) is 5.41 Å². The Hall–Kier alpha value is -0.860. The lowest BCUT2D eigenvalue weighted by atomic mass is 9.90. The third-order valence-electron chi connectivity index (χ3n) is 4.12. The molecule has 2 rings (SSSR count). The first-order valence-corrected chi connectivity index (χ1v) is 7.11. The highest BCUT2D eigenvalue weighted by Crippen LogP contribution is 2.18. The Morgan fingerprint density at radius 3 is 2.72 bits per heavy atom. The van der Waals surface area contributed by atoms with Crippen LogP contribution in [0, 0.1) is 5.41 Å². The minimum Gasteiger partial charge on any atom is -0.315 e. The molecule has 0 bridgehead atoms. The van der Waals surface area contributed by atoms with Gasteiger partial charge in [0, 0.05) is 25.7 Å². The lowest BCUT2D eigenvalue weighted by molar-refractivity contribution is 0.316. The van der Waals surface area contributed by atoms with Gasteiger partial charge in [-0.05, 0) is 29.4 Å². The molecule has 0 spiro atoms. The van der Waals surface area contributed by atoms with Crippen molar-refractivity contribution >= 4 is 0 Å². The summed E-state index contributed by atoms with van der Waals surface area (Å²) in [7, 11) is 0. The van der Waals surface area contributed by atoms with Crippen molar-refractivity contribution in [1.29, 1.82) is 0 Å². The zero-order valence-electron chi connectivity index (χ0n) is 11.9. The van der Waals surface area contributed by atoms with Gasteiger partial charge in [-0.1, -0.05) is 45.0 Å². The molecule has 0 saturated carbocycles. The number of hydrogen-bond acceptors (Lipinski definition) is 2. The van der Waals surface area contributed by atoms with Gasteiger partial charge in [0.05, 0.1) is 0 Å². The third-order valence-corrected chi connectivity index (χ3v) is 4.12. The Kier molecular flexibility index (Phi) is 4.41. The highest BCUT2D eigenvalue weighted by Gasteiger charge is 2.19. The molecular weight excluding hydrogens is 220 g/mol. The first kappa shape index (κ1) is 13.6. The van der Waals surface area contributed by atoms with Crippen LogP contribution in [0.25, 0.3) is 0 Å². The number of fused-ring (bicyclic) bond motifs is 1. The van der Waals surface area contributed by atoms with Crippen molar-refractivity contribution < 1.29 is 0 Å². The lowest BCUT2D eigenvalue weighted by Gasteiger charge is -2.29. The van der Waals surface area contributed by atoms with E-state index in [1.54, 1.807) is 0 Å². The maximum atomic E-state index is 3.62. The van der Waals surface area contributed by atoms with Crippen LogP contribution in [0.4, 0.5) is 0 Å². The van der Waals surface area contributed by atoms with Crippen LogP contribution < -0.4 is 10.6 Å². The predicted octanol–water partition coefficient (Wildman–Crippen LogP) is 2.73. The molecule has 0 aliphatic carbocycles. The van der Waals surface area contributed by atoms with Crippen molar-refractivity contribution in [2.75, 3.05) is 13.1 Å². The average molecular weight is 246 g/mol. The molecule has 2 heteroatoms. The monoisotopic (exact) mass is 246 g/mol. The van der Waals surface area contributed by atoms with E-state index >= 15 is 0 Å². The van der Waals surface area contributed by atoms with Crippen LogP contribution in [-0.4, -0.2) is 19.1 Å². The largest absolute Gasteiger partial charge is 0.315 e. The second kappa shape index (κ2) is 5.85. The van der Waals surface area contributed by atoms with Crippen molar-refractivity contribution in [3.05, 3.63) is 35.4 Å². The SMILES string of the molecule is CCC(C)(C)CNCC1Cc2ccccc2CN1. The van der Waals surface area contributed by atoms with Crippen molar-refractivity contribution in [1.82, 2.24) is 10.6 Å². The molecule has 1 heterocycles. The normalized spacial score (nSPS) is 19.6. The summed E-state index contributed by atoms with van der Waals surface area (Å²) in [5, 5.41) is 7.23. The van der Waals surface area contributed by atoms with Gasteiger partial charge >= 0.3 is 0 Å². The molecule has 2 nitrogen and oxygen atoms in total. The van der Waals surface area contributed by atoms with Crippen molar-refractivity contribution in [3.8, 4) is 0 Å². The molecule has 0 radical (unpaired) electrons. The number of benzene rings is 1. The summed E-state index contributed by atoms with van der Waals surface area (Å²) in [6, 6.07) is 9.34. The van der Waals surface area contributed by atoms with Crippen molar-refractivity contribution in [2.45, 2.75) is 46.2 Å². The first-order chi connectivity index (χ1) is 8.61. The minimum atomic E-state index is 0.409. The van der Waals surface area contributed by atoms with Gasteiger partial charge in [0.15, 0.2) is 0 Å². The summed E-state index contributed by atoms with van der Waals surface area (Å²) in [6.07, 6.45) is 2.37. The van der Waals surface area contributed by atoms with Crippen LogP contribution in [0.1, 0.15) is 38.3 Å². The smallest absolute Gasteiger partial charge is 0.0236 e. The fraction of sp³-hybridized carbons (Fsp3) is 0.625. The maximum absolute atomic E-state index is 3.62. The van der Waals surface area contributed by atoms with E-state index in [0.29, 0.717) is 11.5 Å². The van der Waals surface area contributed by atoms with E-state index in [0.717, 1.165) is 26.1 Å². The summed E-state index contributed by atoms with van der Waals surface area (Å²) < 4.78 is 0. The summed E-state index contributed by atoms with van der Waals surface area (Å²) >= 11 is 0. The van der Waals surface area contributed by atoms with Gasteiger partial charge < -0.3 is 10.6 Å². The highest BCUT2D eigenvalue weighted by molar-refractivity contribution is 5.29. The van der Waals surface area contributed by atoms with Crippen LogP contribution in [-0.2, 0) is 13.0 Å². The Bertz CT molecular complexity index is 384. The maximum Gasteiger partial charge on any atom is 0.0236 e. The van der Waals surface area contributed by atoms with Crippen molar-refractivity contribution in [3.63, 3.8) is 0 Å². The Morgan fingerprint density at radius 2 is 2.00 bits per heavy atom. The molecule has 1 aliphatic heterocycles. The van der Waals surface area contributed by atoms with Gasteiger partial charge in [-0.3, -0.25) is 0 Å². The van der Waals surface area contributed by atoms with E-state index in [4.69, 9.17) is 0 Å². The zero-order valence-corrected chi connectivity index (χ0v) is 11.9. The number of rotatable bonds is 5. The van der Waals surface area contributed by atoms with Gasteiger partial charge in [-0.25, -0.2) is 0 Å². The van der Waals surface area contributed by atoms with E-state index in [9.17, 15) is 0 Å². The lowest BCUT2D eigenvalue weighted by Crippen LogP contribution is -2.44. The van der Waals surface area contributed by atoms with E-state index in [1.807, 2.05) is 0 Å². The molecule has 0 aromatic heterocycles. The fourth-order valence-corrected chi connectivity index (χ4v) is 2.38. The highest BCUT2D eigenvalue weighted by atomic mass is 15.0. The Balaban J connectivity index is 1.80. The zero-order chi connectivity index (χ0) is 13.0. The van der Waals surface area contributed by atoms with Crippen LogP contribution in [0.2, 0.25) is 0 Å². The minimum absolute atomic E-state index is 0.409. The van der Waals surface area contributed by atoms with E-state index < -0.39 is 0 Å². The molecular formula is C16H26N2. The average Bonchev–Trinajstić information content (AvgIpc) is 2.38. The van der Waals surface area contributed by atoms with Gasteiger partial charge in [0.2, 0.25) is 0 Å². The summed E-state index contributed by atoms with van der Waals surface area (Å²) in [6.45, 7) is 10.1. The fourth-order valence-electron chi connectivity index (χ4n) is 2.38. The van der Waals surface area contributed by atoms with E-state index in [2.05, 4.69) is 55.7 Å². The molecule has 18 heavy (non-hydrogen) atoms. The molecule has 1 unspecified atom stereocenters. The summed E-state index contributed by atoms with van der Waals surface area (Å²) in [4.78, 5) is 0. The summed E-state index contributed by atoms with van der Waals surface area (Å²) in [5.74, 6) is 0. The Labute approximate surface area is 111 Å². The van der Waals surface area contributed by atoms with E-state index in [-0.39, 0.29) is 0 Å². The van der Waals surface area contributed by atoms with Crippen LogP contribution in [0.5, 0.6) is 0 Å². The topological polar surface area (TPSA) is 24.1 Å². The second-order valence-corrected chi connectivity index (χ2v) is 6.20. The molecule has 0 saturated heterocycles. The first-order valence-electron chi connectivity index (χ1n) is 7.11. The van der Waals surface area contributed by atoms with Crippen LogP contribution >= 0.6 is 0 Å². The summed E-state index contributed by atoms with van der Waals surface area (Å²) in [5.41, 5.74) is 3.38.